The number of benzene rings is 2. The van der Waals surface area contributed by atoms with Crippen molar-refractivity contribution in [2.45, 2.75) is 17.7 Å². The number of amides is 1. The van der Waals surface area contributed by atoms with Crippen molar-refractivity contribution in [3.05, 3.63) is 47.5 Å². The average Bonchev–Trinajstić information content (AvgIpc) is 2.84. The minimum absolute atomic E-state index is 0.120. The van der Waals surface area contributed by atoms with Crippen molar-refractivity contribution in [3.8, 4) is 17.2 Å². The van der Waals surface area contributed by atoms with Crippen molar-refractivity contribution >= 4 is 22.1 Å². The SMILES string of the molecule is COc1cc(C=NNC(=O)CCc2ccc(S(=O)(=O)N3CCOCC3)cc2)cc(OC)c1O. The van der Waals surface area contributed by atoms with Gasteiger partial charge >= 0.3 is 0 Å². The van der Waals surface area contributed by atoms with Gasteiger partial charge in [-0.3, -0.25) is 4.79 Å². The van der Waals surface area contributed by atoms with Gasteiger partial charge in [0.1, 0.15) is 0 Å². The minimum atomic E-state index is -3.54. The second kappa shape index (κ2) is 11.1. The fourth-order valence-electron chi connectivity index (χ4n) is 3.24. The molecule has 0 aromatic heterocycles. The van der Waals surface area contributed by atoms with Crippen LogP contribution in [0.3, 0.4) is 0 Å². The number of nitrogens with one attached hydrogen (secondary N) is 1. The molecule has 1 aliphatic rings. The van der Waals surface area contributed by atoms with Crippen LogP contribution in [-0.4, -0.2) is 70.5 Å². The van der Waals surface area contributed by atoms with Gasteiger partial charge in [-0.1, -0.05) is 12.1 Å². The van der Waals surface area contributed by atoms with Crippen molar-refractivity contribution in [2.75, 3.05) is 40.5 Å². The number of aromatic hydroxyl groups is 1. The molecule has 0 bridgehead atoms. The lowest BCUT2D eigenvalue weighted by Crippen LogP contribution is -2.40. The quantitative estimate of drug-likeness (QED) is 0.414. The molecule has 0 saturated carbocycles. The summed E-state index contributed by atoms with van der Waals surface area (Å²) < 4.78 is 42.1. The third-order valence-electron chi connectivity index (χ3n) is 5.08. The second-order valence-electron chi connectivity index (χ2n) is 7.23. The third kappa shape index (κ3) is 6.21. The Bertz CT molecular complexity index is 1070. The number of hydrazone groups is 1. The number of phenolic OH excluding ortho intramolecular Hbond substituents is 1. The van der Waals surface area contributed by atoms with Crippen LogP contribution in [0.15, 0.2) is 46.4 Å². The Kier molecular flexibility index (Phi) is 8.26. The number of nitrogens with zero attached hydrogens (tertiary/aromatic N) is 2. The summed E-state index contributed by atoms with van der Waals surface area (Å²) in [5, 5.41) is 13.8. The molecule has 1 fully saturated rings. The van der Waals surface area contributed by atoms with Gasteiger partial charge in [0.15, 0.2) is 11.5 Å². The number of morpholine rings is 1. The van der Waals surface area contributed by atoms with E-state index in [0.717, 1.165) is 5.56 Å². The van der Waals surface area contributed by atoms with Crippen molar-refractivity contribution in [1.29, 1.82) is 0 Å². The van der Waals surface area contributed by atoms with Gasteiger partial charge in [-0.05, 0) is 36.2 Å². The molecular formula is C22H27N3O7S. The highest BCUT2D eigenvalue weighted by Crippen LogP contribution is 2.36. The molecule has 2 N–H and O–H groups in total. The molecule has 178 valence electrons. The predicted molar refractivity (Wildman–Crippen MR) is 121 cm³/mol. The first kappa shape index (κ1) is 24.5. The Morgan fingerprint density at radius 3 is 2.33 bits per heavy atom. The molecule has 1 aliphatic heterocycles. The topological polar surface area (TPSA) is 127 Å². The highest BCUT2D eigenvalue weighted by Gasteiger charge is 2.26. The van der Waals surface area contributed by atoms with Gasteiger partial charge in [-0.25, -0.2) is 13.8 Å². The van der Waals surface area contributed by atoms with E-state index in [2.05, 4.69) is 10.5 Å². The number of methoxy groups -OCH3 is 2. The summed E-state index contributed by atoms with van der Waals surface area (Å²) in [7, 11) is -0.703. The van der Waals surface area contributed by atoms with Crippen LogP contribution in [0.5, 0.6) is 17.2 Å². The fourth-order valence-corrected chi connectivity index (χ4v) is 4.65. The van der Waals surface area contributed by atoms with E-state index in [9.17, 15) is 18.3 Å². The van der Waals surface area contributed by atoms with E-state index < -0.39 is 10.0 Å². The van der Waals surface area contributed by atoms with Gasteiger partial charge in [0, 0.05) is 25.1 Å². The summed E-state index contributed by atoms with van der Waals surface area (Å²) >= 11 is 0. The molecule has 1 amide bonds. The van der Waals surface area contributed by atoms with E-state index in [1.54, 1.807) is 36.4 Å². The average molecular weight is 478 g/mol. The highest BCUT2D eigenvalue weighted by atomic mass is 32.2. The Morgan fingerprint density at radius 1 is 1.15 bits per heavy atom. The van der Waals surface area contributed by atoms with Gasteiger partial charge in [-0.15, -0.1) is 0 Å². The Morgan fingerprint density at radius 2 is 1.76 bits per heavy atom. The zero-order chi connectivity index (χ0) is 23.8. The number of phenols is 1. The lowest BCUT2D eigenvalue weighted by atomic mass is 10.1. The molecule has 10 nitrogen and oxygen atoms in total. The van der Waals surface area contributed by atoms with E-state index in [1.165, 1.54) is 24.7 Å². The van der Waals surface area contributed by atoms with Crippen LogP contribution in [0.4, 0.5) is 0 Å². The lowest BCUT2D eigenvalue weighted by molar-refractivity contribution is -0.121. The van der Waals surface area contributed by atoms with Gasteiger partial charge < -0.3 is 19.3 Å². The summed E-state index contributed by atoms with van der Waals surface area (Å²) in [5.74, 6) is 0.0290. The van der Waals surface area contributed by atoms with E-state index in [1.807, 2.05) is 0 Å². The first-order chi connectivity index (χ1) is 15.8. The summed E-state index contributed by atoms with van der Waals surface area (Å²) in [6, 6.07) is 9.64. The molecule has 0 radical (unpaired) electrons. The maximum absolute atomic E-state index is 12.7. The van der Waals surface area contributed by atoms with Crippen molar-refractivity contribution in [3.63, 3.8) is 0 Å². The molecule has 2 aromatic carbocycles. The van der Waals surface area contributed by atoms with Crippen LogP contribution < -0.4 is 14.9 Å². The van der Waals surface area contributed by atoms with Crippen LogP contribution >= 0.6 is 0 Å². The molecule has 33 heavy (non-hydrogen) atoms. The van der Waals surface area contributed by atoms with Crippen molar-refractivity contribution in [1.82, 2.24) is 9.73 Å². The van der Waals surface area contributed by atoms with Crippen molar-refractivity contribution < 1.29 is 32.5 Å². The Hall–Kier alpha value is -3.15. The van der Waals surface area contributed by atoms with Gasteiger partial charge in [0.25, 0.3) is 0 Å². The van der Waals surface area contributed by atoms with Crippen LogP contribution in [0.2, 0.25) is 0 Å². The van der Waals surface area contributed by atoms with Crippen LogP contribution in [0.25, 0.3) is 0 Å². The molecule has 0 aliphatic carbocycles. The number of carbonyl (C=O) groups is 1. The standard InChI is InChI=1S/C22H27N3O7S/c1-30-19-13-17(14-20(31-2)22(19)27)15-23-24-21(26)8-5-16-3-6-18(7-4-16)33(28,29)25-9-11-32-12-10-25/h3-4,6-7,13-15,27H,5,8-12H2,1-2H3,(H,24,26). The van der Waals surface area contributed by atoms with Gasteiger partial charge in [0.2, 0.25) is 21.7 Å². The number of rotatable bonds is 9. The number of hydrogen-bond donors (Lipinski definition) is 2. The first-order valence-corrected chi connectivity index (χ1v) is 11.7. The largest absolute Gasteiger partial charge is 0.502 e. The van der Waals surface area contributed by atoms with E-state index in [0.29, 0.717) is 38.3 Å². The highest BCUT2D eigenvalue weighted by molar-refractivity contribution is 7.89. The van der Waals surface area contributed by atoms with Crippen molar-refractivity contribution in [2.24, 2.45) is 5.10 Å². The normalized spacial score (nSPS) is 14.8. The van der Waals surface area contributed by atoms with Crippen LogP contribution in [0, 0.1) is 0 Å². The molecule has 3 rings (SSSR count). The number of aryl methyl sites for hydroxylation is 1. The smallest absolute Gasteiger partial charge is 0.243 e. The summed E-state index contributed by atoms with van der Waals surface area (Å²) in [5.41, 5.74) is 3.85. The molecule has 1 heterocycles. The molecule has 0 atom stereocenters. The summed E-state index contributed by atoms with van der Waals surface area (Å²) in [4.78, 5) is 12.3. The Balaban J connectivity index is 1.53. The maximum Gasteiger partial charge on any atom is 0.243 e. The molecule has 11 heteroatoms. The summed E-state index contributed by atoms with van der Waals surface area (Å²) in [6.07, 6.45) is 2.02. The van der Waals surface area contributed by atoms with Gasteiger partial charge in [0.05, 0.1) is 38.5 Å². The molecule has 0 spiro atoms. The molecular weight excluding hydrogens is 450 g/mol. The van der Waals surface area contributed by atoms with Gasteiger partial charge in [-0.2, -0.15) is 9.41 Å². The Labute approximate surface area is 192 Å². The number of carbonyl (C=O) groups excluding carboxylic acids is 1. The monoisotopic (exact) mass is 477 g/mol. The minimum Gasteiger partial charge on any atom is -0.502 e. The zero-order valence-corrected chi connectivity index (χ0v) is 19.3. The predicted octanol–water partition coefficient (Wildman–Crippen LogP) is 1.51. The van der Waals surface area contributed by atoms with E-state index in [-0.39, 0.29) is 34.5 Å². The summed E-state index contributed by atoms with van der Waals surface area (Å²) in [6.45, 7) is 1.47. The van der Waals surface area contributed by atoms with E-state index in [4.69, 9.17) is 14.2 Å². The third-order valence-corrected chi connectivity index (χ3v) is 6.99. The zero-order valence-electron chi connectivity index (χ0n) is 18.5. The molecule has 2 aromatic rings. The van der Waals surface area contributed by atoms with E-state index >= 15 is 0 Å². The van der Waals surface area contributed by atoms with Crippen LogP contribution in [-0.2, 0) is 26.0 Å². The fraction of sp³-hybridized carbons (Fsp3) is 0.364. The lowest BCUT2D eigenvalue weighted by Gasteiger charge is -2.26. The molecule has 1 saturated heterocycles. The maximum atomic E-state index is 12.7. The number of ether oxygens (including phenoxy) is 3. The number of sulfonamides is 1. The second-order valence-corrected chi connectivity index (χ2v) is 9.17. The first-order valence-electron chi connectivity index (χ1n) is 10.3. The number of hydrogen-bond acceptors (Lipinski definition) is 8. The van der Waals surface area contributed by atoms with Crippen LogP contribution in [0.1, 0.15) is 17.5 Å². The molecule has 0 unspecified atom stereocenters.